The normalized spacial score (nSPS) is 39.2. The maximum Gasteiger partial charge on any atom is 0.103 e. The highest BCUT2D eigenvalue weighted by atomic mass is 16.5. The van der Waals surface area contributed by atoms with Crippen LogP contribution in [-0.4, -0.2) is 59.7 Å². The molecule has 2 N–H and O–H groups in total. The topological polar surface area (TPSA) is 52.9 Å². The van der Waals surface area contributed by atoms with E-state index < -0.39 is 11.7 Å². The quantitative estimate of drug-likeness (QED) is 0.680. The molecule has 1 aliphatic heterocycles. The monoisotopic (exact) mass is 215 g/mol. The molecule has 1 aliphatic carbocycles. The second-order valence-electron chi connectivity index (χ2n) is 4.75. The number of nitrogens with zero attached hydrogens (tertiary/aromatic N) is 1. The van der Waals surface area contributed by atoms with Crippen molar-refractivity contribution in [1.82, 2.24) is 4.90 Å². The first-order chi connectivity index (χ1) is 7.21. The van der Waals surface area contributed by atoms with Gasteiger partial charge in [0, 0.05) is 19.6 Å². The van der Waals surface area contributed by atoms with Crippen molar-refractivity contribution in [3.63, 3.8) is 0 Å². The van der Waals surface area contributed by atoms with Crippen molar-refractivity contribution >= 4 is 0 Å². The van der Waals surface area contributed by atoms with E-state index in [1.807, 2.05) is 0 Å². The van der Waals surface area contributed by atoms with Gasteiger partial charge < -0.3 is 14.9 Å². The van der Waals surface area contributed by atoms with Gasteiger partial charge in [-0.25, -0.2) is 0 Å². The summed E-state index contributed by atoms with van der Waals surface area (Å²) in [4.78, 5) is 2.19. The van der Waals surface area contributed by atoms with Crippen molar-refractivity contribution < 1.29 is 14.9 Å². The highest BCUT2D eigenvalue weighted by molar-refractivity contribution is 4.92. The Bertz CT molecular complexity index is 206. The maximum atomic E-state index is 10.4. The summed E-state index contributed by atoms with van der Waals surface area (Å²) in [6.07, 6.45) is 2.98. The summed E-state index contributed by atoms with van der Waals surface area (Å²) >= 11 is 0. The molecule has 2 rings (SSSR count). The highest BCUT2D eigenvalue weighted by Gasteiger charge is 2.39. The molecule has 2 aliphatic rings. The Morgan fingerprint density at radius 2 is 2.00 bits per heavy atom. The number of hydrogen-bond acceptors (Lipinski definition) is 4. The summed E-state index contributed by atoms with van der Waals surface area (Å²) in [6, 6.07) is 0. The molecule has 0 aromatic heterocycles. The molecule has 1 saturated carbocycles. The summed E-state index contributed by atoms with van der Waals surface area (Å²) in [6.45, 7) is 3.82. The minimum atomic E-state index is -0.879. The second kappa shape index (κ2) is 4.78. The fraction of sp³-hybridized carbons (Fsp3) is 1.00. The fourth-order valence-electron chi connectivity index (χ4n) is 2.54. The van der Waals surface area contributed by atoms with Crippen molar-refractivity contribution in [2.75, 3.05) is 32.8 Å². The molecule has 4 nitrogen and oxygen atoms in total. The standard InChI is InChI=1S/C11H21NO3/c13-10-3-1-2-4-11(10,14)9-12-5-7-15-8-6-12/h10,13-14H,1-9H2/t10-,11-/m0/s1. The Morgan fingerprint density at radius 3 is 2.67 bits per heavy atom. The van der Waals surface area contributed by atoms with E-state index in [0.717, 1.165) is 52.0 Å². The van der Waals surface area contributed by atoms with Crippen LogP contribution in [0.3, 0.4) is 0 Å². The van der Waals surface area contributed by atoms with Gasteiger partial charge in [-0.05, 0) is 12.8 Å². The van der Waals surface area contributed by atoms with Gasteiger partial charge in [-0.15, -0.1) is 0 Å². The third kappa shape index (κ3) is 2.69. The van der Waals surface area contributed by atoms with Crippen LogP contribution in [0.4, 0.5) is 0 Å². The van der Waals surface area contributed by atoms with E-state index in [1.165, 1.54) is 0 Å². The summed E-state index contributed by atoms with van der Waals surface area (Å²) in [5, 5.41) is 20.2. The minimum Gasteiger partial charge on any atom is -0.390 e. The van der Waals surface area contributed by atoms with Crippen LogP contribution in [0.15, 0.2) is 0 Å². The smallest absolute Gasteiger partial charge is 0.103 e. The molecule has 0 radical (unpaired) electrons. The molecule has 1 heterocycles. The zero-order chi connectivity index (χ0) is 10.7. The molecule has 0 bridgehead atoms. The molecule has 4 heteroatoms. The van der Waals surface area contributed by atoms with Crippen molar-refractivity contribution in [2.24, 2.45) is 0 Å². The SMILES string of the molecule is O[C@H]1CCCC[C@]1(O)CN1CCOCC1. The van der Waals surface area contributed by atoms with Crippen LogP contribution in [0.2, 0.25) is 0 Å². The number of hydrogen-bond donors (Lipinski definition) is 2. The van der Waals surface area contributed by atoms with E-state index in [4.69, 9.17) is 4.74 Å². The van der Waals surface area contributed by atoms with Gasteiger partial charge >= 0.3 is 0 Å². The average molecular weight is 215 g/mol. The Balaban J connectivity index is 1.89. The Hall–Kier alpha value is -0.160. The number of β-amino-alcohol motifs (C(OH)–C–C–N with tert-alkyl or cyclic N) is 1. The summed E-state index contributed by atoms with van der Waals surface area (Å²) in [7, 11) is 0. The predicted molar refractivity (Wildman–Crippen MR) is 56.7 cm³/mol. The van der Waals surface area contributed by atoms with Crippen molar-refractivity contribution in [1.29, 1.82) is 0 Å². The molecular formula is C11H21NO3. The minimum absolute atomic E-state index is 0.547. The van der Waals surface area contributed by atoms with Gasteiger partial charge in [-0.3, -0.25) is 4.90 Å². The molecular weight excluding hydrogens is 194 g/mol. The average Bonchev–Trinajstić information content (AvgIpc) is 2.24. The Labute approximate surface area is 90.8 Å². The van der Waals surface area contributed by atoms with E-state index in [1.54, 1.807) is 0 Å². The van der Waals surface area contributed by atoms with Crippen LogP contribution in [0.1, 0.15) is 25.7 Å². The molecule has 0 aromatic rings. The molecule has 0 amide bonds. The fourth-order valence-corrected chi connectivity index (χ4v) is 2.54. The molecule has 1 saturated heterocycles. The number of morpholine rings is 1. The summed E-state index contributed by atoms with van der Waals surface area (Å²) < 4.78 is 5.26. The van der Waals surface area contributed by atoms with Crippen LogP contribution in [0.5, 0.6) is 0 Å². The Kier molecular flexibility index (Phi) is 3.61. The van der Waals surface area contributed by atoms with Crippen molar-refractivity contribution in [2.45, 2.75) is 37.4 Å². The molecule has 0 unspecified atom stereocenters. The Morgan fingerprint density at radius 1 is 1.27 bits per heavy atom. The highest BCUT2D eigenvalue weighted by Crippen LogP contribution is 2.29. The lowest BCUT2D eigenvalue weighted by Gasteiger charge is -2.41. The third-order valence-corrected chi connectivity index (χ3v) is 3.56. The molecule has 0 spiro atoms. The van der Waals surface area contributed by atoms with E-state index in [9.17, 15) is 10.2 Å². The van der Waals surface area contributed by atoms with E-state index in [0.29, 0.717) is 6.54 Å². The summed E-state index contributed by atoms with van der Waals surface area (Å²) in [5.41, 5.74) is -0.879. The first-order valence-corrected chi connectivity index (χ1v) is 5.91. The molecule has 15 heavy (non-hydrogen) atoms. The lowest BCUT2D eigenvalue weighted by Crippen LogP contribution is -2.54. The van der Waals surface area contributed by atoms with E-state index in [-0.39, 0.29) is 0 Å². The largest absolute Gasteiger partial charge is 0.390 e. The molecule has 2 fully saturated rings. The van der Waals surface area contributed by atoms with Crippen molar-refractivity contribution in [3.8, 4) is 0 Å². The van der Waals surface area contributed by atoms with Gasteiger partial charge in [-0.2, -0.15) is 0 Å². The zero-order valence-electron chi connectivity index (χ0n) is 9.19. The molecule has 0 aromatic carbocycles. The van der Waals surface area contributed by atoms with Gasteiger partial charge in [0.2, 0.25) is 0 Å². The number of aliphatic hydroxyl groups is 2. The summed E-state index contributed by atoms with van der Waals surface area (Å²) in [5.74, 6) is 0. The van der Waals surface area contributed by atoms with Crippen LogP contribution in [-0.2, 0) is 4.74 Å². The van der Waals surface area contributed by atoms with Gasteiger partial charge in [-0.1, -0.05) is 12.8 Å². The zero-order valence-corrected chi connectivity index (χ0v) is 9.19. The van der Waals surface area contributed by atoms with Gasteiger partial charge in [0.1, 0.15) is 5.60 Å². The van der Waals surface area contributed by atoms with Crippen LogP contribution in [0, 0.1) is 0 Å². The van der Waals surface area contributed by atoms with E-state index in [2.05, 4.69) is 4.90 Å². The van der Waals surface area contributed by atoms with Crippen LogP contribution >= 0.6 is 0 Å². The van der Waals surface area contributed by atoms with Crippen LogP contribution < -0.4 is 0 Å². The number of aliphatic hydroxyl groups excluding tert-OH is 1. The first-order valence-electron chi connectivity index (χ1n) is 5.91. The number of rotatable bonds is 2. The van der Waals surface area contributed by atoms with Crippen molar-refractivity contribution in [3.05, 3.63) is 0 Å². The third-order valence-electron chi connectivity index (χ3n) is 3.56. The number of ether oxygens (including phenoxy) is 1. The predicted octanol–water partition coefficient (Wildman–Crippen LogP) is -0.0154. The lowest BCUT2D eigenvalue weighted by atomic mass is 9.82. The maximum absolute atomic E-state index is 10.4. The van der Waals surface area contributed by atoms with Gasteiger partial charge in [0.25, 0.3) is 0 Å². The van der Waals surface area contributed by atoms with E-state index >= 15 is 0 Å². The molecule has 2 atom stereocenters. The van der Waals surface area contributed by atoms with Gasteiger partial charge in [0.15, 0.2) is 0 Å². The van der Waals surface area contributed by atoms with Crippen LogP contribution in [0.25, 0.3) is 0 Å². The second-order valence-corrected chi connectivity index (χ2v) is 4.75. The first kappa shape index (κ1) is 11.3. The molecule has 88 valence electrons. The lowest BCUT2D eigenvalue weighted by molar-refractivity contribution is -0.122. The van der Waals surface area contributed by atoms with Gasteiger partial charge in [0.05, 0.1) is 19.3 Å².